The monoisotopic (exact) mass is 212 g/mol. The van der Waals surface area contributed by atoms with Crippen LogP contribution in [-0.4, -0.2) is 14.6 Å². The van der Waals surface area contributed by atoms with Crippen molar-refractivity contribution in [2.45, 2.75) is 12.3 Å². The zero-order valence-electron chi connectivity index (χ0n) is 8.74. The second kappa shape index (κ2) is 3.48. The van der Waals surface area contributed by atoms with Crippen LogP contribution >= 0.6 is 0 Å². The van der Waals surface area contributed by atoms with Crippen molar-refractivity contribution >= 4 is 11.5 Å². The third-order valence-electron chi connectivity index (χ3n) is 2.72. The minimum absolute atomic E-state index is 0.359. The Morgan fingerprint density at radius 1 is 1.31 bits per heavy atom. The largest absolute Gasteiger partial charge is 0.382 e. The number of hydrogen-bond donors (Lipinski definition) is 1. The van der Waals surface area contributed by atoms with Crippen LogP contribution in [0, 0.1) is 0 Å². The van der Waals surface area contributed by atoms with Gasteiger partial charge in [-0.2, -0.15) is 5.10 Å². The molecule has 0 fully saturated rings. The highest BCUT2D eigenvalue weighted by atomic mass is 15.3. The predicted molar refractivity (Wildman–Crippen MR) is 63.0 cm³/mol. The molecule has 1 aliphatic carbocycles. The molecule has 1 atom stereocenters. The van der Waals surface area contributed by atoms with E-state index < -0.39 is 0 Å². The average molecular weight is 212 g/mol. The quantitative estimate of drug-likeness (QED) is 0.785. The number of nitrogens with two attached hydrogens (primary N) is 1. The number of aromatic nitrogens is 3. The Hall–Kier alpha value is -2.10. The summed E-state index contributed by atoms with van der Waals surface area (Å²) >= 11 is 0. The highest BCUT2D eigenvalue weighted by Gasteiger charge is 2.11. The summed E-state index contributed by atoms with van der Waals surface area (Å²) in [6.45, 7) is 0. The van der Waals surface area contributed by atoms with Gasteiger partial charge < -0.3 is 5.73 Å². The number of hydrogen-bond acceptors (Lipinski definition) is 3. The van der Waals surface area contributed by atoms with Crippen molar-refractivity contribution in [3.8, 4) is 0 Å². The van der Waals surface area contributed by atoms with E-state index in [0.717, 1.165) is 17.8 Å². The normalized spacial score (nSPS) is 19.4. The highest BCUT2D eigenvalue weighted by molar-refractivity contribution is 5.45. The smallest absolute Gasteiger partial charge is 0.155 e. The van der Waals surface area contributed by atoms with E-state index in [4.69, 9.17) is 5.73 Å². The van der Waals surface area contributed by atoms with E-state index in [1.807, 2.05) is 12.1 Å². The van der Waals surface area contributed by atoms with Gasteiger partial charge in [0, 0.05) is 5.92 Å². The Morgan fingerprint density at radius 2 is 2.25 bits per heavy atom. The van der Waals surface area contributed by atoms with Crippen molar-refractivity contribution in [1.82, 2.24) is 14.6 Å². The van der Waals surface area contributed by atoms with Crippen molar-refractivity contribution < 1.29 is 0 Å². The Morgan fingerprint density at radius 3 is 3.06 bits per heavy atom. The van der Waals surface area contributed by atoms with Gasteiger partial charge >= 0.3 is 0 Å². The lowest BCUT2D eigenvalue weighted by molar-refractivity contribution is 0.762. The number of nitrogen functional groups attached to an aromatic ring is 1. The average Bonchev–Trinajstić information content (AvgIpc) is 2.69. The third-order valence-corrected chi connectivity index (χ3v) is 2.72. The summed E-state index contributed by atoms with van der Waals surface area (Å²) in [5.41, 5.74) is 7.46. The molecule has 2 aromatic rings. The first-order valence-electron chi connectivity index (χ1n) is 5.28. The molecule has 2 aromatic heterocycles. The first kappa shape index (κ1) is 9.15. The molecule has 0 bridgehead atoms. The van der Waals surface area contributed by atoms with Gasteiger partial charge in [-0.25, -0.2) is 9.50 Å². The van der Waals surface area contributed by atoms with Crippen LogP contribution in [0.25, 0.3) is 5.65 Å². The fraction of sp³-hybridized carbons (Fsp3) is 0.167. The minimum Gasteiger partial charge on any atom is -0.382 e. The number of anilines is 1. The van der Waals surface area contributed by atoms with E-state index in [0.29, 0.717) is 11.7 Å². The fourth-order valence-electron chi connectivity index (χ4n) is 1.91. The summed E-state index contributed by atoms with van der Waals surface area (Å²) in [7, 11) is 0. The van der Waals surface area contributed by atoms with Gasteiger partial charge in [-0.3, -0.25) is 0 Å². The van der Waals surface area contributed by atoms with Crippen LogP contribution in [-0.2, 0) is 0 Å². The third kappa shape index (κ3) is 1.48. The molecule has 0 spiro atoms. The van der Waals surface area contributed by atoms with E-state index in [1.54, 1.807) is 10.7 Å². The zero-order chi connectivity index (χ0) is 11.0. The van der Waals surface area contributed by atoms with E-state index >= 15 is 0 Å². The van der Waals surface area contributed by atoms with Gasteiger partial charge in [0.05, 0.1) is 11.9 Å². The Labute approximate surface area is 93.1 Å². The van der Waals surface area contributed by atoms with Gasteiger partial charge in [0.2, 0.25) is 0 Å². The molecule has 80 valence electrons. The van der Waals surface area contributed by atoms with Crippen LogP contribution in [0.5, 0.6) is 0 Å². The highest BCUT2D eigenvalue weighted by Crippen LogP contribution is 2.22. The maximum Gasteiger partial charge on any atom is 0.155 e. The summed E-state index contributed by atoms with van der Waals surface area (Å²) in [5, 5.41) is 4.51. The summed E-state index contributed by atoms with van der Waals surface area (Å²) in [6.07, 6.45) is 11.2. The van der Waals surface area contributed by atoms with Gasteiger partial charge in [0.15, 0.2) is 5.65 Å². The molecule has 4 heteroatoms. The van der Waals surface area contributed by atoms with E-state index in [-0.39, 0.29) is 0 Å². The maximum absolute atomic E-state index is 5.62. The van der Waals surface area contributed by atoms with Crippen molar-refractivity contribution in [2.24, 2.45) is 0 Å². The standard InChI is InChI=1S/C12H12N4/c13-11-8-16-12(14-11)7-6-10(15-16)9-4-2-1-3-5-9/h1-4,6-9H,5,13H2. The SMILES string of the molecule is Nc1cn2nc(C3C=CC=CC3)ccc2n1. The van der Waals surface area contributed by atoms with Crippen LogP contribution < -0.4 is 5.73 Å². The zero-order valence-corrected chi connectivity index (χ0v) is 8.74. The van der Waals surface area contributed by atoms with Crippen molar-refractivity contribution in [2.75, 3.05) is 5.73 Å². The van der Waals surface area contributed by atoms with Crippen LogP contribution in [0.1, 0.15) is 18.0 Å². The topological polar surface area (TPSA) is 56.2 Å². The Balaban J connectivity index is 2.04. The Bertz CT molecular complexity index is 580. The molecule has 2 N–H and O–H groups in total. The summed E-state index contributed by atoms with van der Waals surface area (Å²) in [4.78, 5) is 4.15. The second-order valence-corrected chi connectivity index (χ2v) is 3.88. The van der Waals surface area contributed by atoms with Gasteiger partial charge in [-0.15, -0.1) is 0 Å². The van der Waals surface area contributed by atoms with E-state index in [9.17, 15) is 0 Å². The van der Waals surface area contributed by atoms with Crippen LogP contribution in [0.2, 0.25) is 0 Å². The number of fused-ring (bicyclic) bond motifs is 1. The van der Waals surface area contributed by atoms with Gasteiger partial charge in [0.1, 0.15) is 5.82 Å². The fourth-order valence-corrected chi connectivity index (χ4v) is 1.91. The van der Waals surface area contributed by atoms with Crippen LogP contribution in [0.3, 0.4) is 0 Å². The van der Waals surface area contributed by atoms with E-state index in [2.05, 4.69) is 34.4 Å². The molecule has 0 radical (unpaired) electrons. The molecule has 1 unspecified atom stereocenters. The minimum atomic E-state index is 0.359. The molecule has 0 aromatic carbocycles. The summed E-state index contributed by atoms with van der Waals surface area (Å²) in [5.74, 6) is 0.863. The molecular formula is C12H12N4. The molecule has 0 amide bonds. The lowest BCUT2D eigenvalue weighted by atomic mass is 9.97. The van der Waals surface area contributed by atoms with Crippen molar-refractivity contribution in [3.05, 3.63) is 48.3 Å². The molecule has 1 aliphatic rings. The molecule has 4 nitrogen and oxygen atoms in total. The molecule has 0 saturated heterocycles. The lowest BCUT2D eigenvalue weighted by Crippen LogP contribution is -2.03. The molecule has 0 aliphatic heterocycles. The number of nitrogens with zero attached hydrogens (tertiary/aromatic N) is 3. The van der Waals surface area contributed by atoms with Gasteiger partial charge in [-0.1, -0.05) is 24.3 Å². The molecule has 3 rings (SSSR count). The van der Waals surface area contributed by atoms with Crippen molar-refractivity contribution in [3.63, 3.8) is 0 Å². The number of allylic oxidation sites excluding steroid dienone is 4. The number of imidazole rings is 1. The summed E-state index contributed by atoms with van der Waals surface area (Å²) < 4.78 is 1.73. The number of rotatable bonds is 1. The molecular weight excluding hydrogens is 200 g/mol. The molecule has 2 heterocycles. The lowest BCUT2D eigenvalue weighted by Gasteiger charge is -2.11. The second-order valence-electron chi connectivity index (χ2n) is 3.88. The Kier molecular flexibility index (Phi) is 1.99. The van der Waals surface area contributed by atoms with Gasteiger partial charge in [-0.05, 0) is 18.6 Å². The molecule has 0 saturated carbocycles. The van der Waals surface area contributed by atoms with Crippen LogP contribution in [0.15, 0.2) is 42.6 Å². The first-order valence-corrected chi connectivity index (χ1v) is 5.28. The maximum atomic E-state index is 5.62. The predicted octanol–water partition coefficient (Wildman–Crippen LogP) is 1.91. The molecule has 16 heavy (non-hydrogen) atoms. The first-order chi connectivity index (χ1) is 7.83. The van der Waals surface area contributed by atoms with Gasteiger partial charge in [0.25, 0.3) is 0 Å². The summed E-state index contributed by atoms with van der Waals surface area (Å²) in [6, 6.07) is 3.96. The van der Waals surface area contributed by atoms with Crippen molar-refractivity contribution in [1.29, 1.82) is 0 Å². The van der Waals surface area contributed by atoms with E-state index in [1.165, 1.54) is 0 Å². The van der Waals surface area contributed by atoms with Crippen LogP contribution in [0.4, 0.5) is 5.82 Å².